The molecule has 1 aromatic carbocycles. The molecule has 2 N–H and O–H groups in total. The molecule has 0 heterocycles. The highest BCUT2D eigenvalue weighted by Gasteiger charge is 2.15. The summed E-state index contributed by atoms with van der Waals surface area (Å²) >= 11 is 0. The largest absolute Gasteiger partial charge is 0.374 e. The lowest BCUT2D eigenvalue weighted by molar-refractivity contribution is -0.122. The van der Waals surface area contributed by atoms with E-state index in [1.165, 1.54) is 5.56 Å². The van der Waals surface area contributed by atoms with Crippen molar-refractivity contribution in [3.63, 3.8) is 0 Å². The van der Waals surface area contributed by atoms with Gasteiger partial charge < -0.3 is 10.6 Å². The zero-order valence-electron chi connectivity index (χ0n) is 12.9. The van der Waals surface area contributed by atoms with Crippen molar-refractivity contribution in [2.75, 3.05) is 5.32 Å². The first-order chi connectivity index (χ1) is 8.70. The van der Waals surface area contributed by atoms with Gasteiger partial charge in [-0.2, -0.15) is 0 Å². The monoisotopic (exact) mass is 262 g/mol. The maximum absolute atomic E-state index is 11.8. The fourth-order valence-corrected chi connectivity index (χ4v) is 1.79. The van der Waals surface area contributed by atoms with Crippen LogP contribution in [0.5, 0.6) is 0 Å². The second-order valence-electron chi connectivity index (χ2n) is 6.36. The summed E-state index contributed by atoms with van der Waals surface area (Å²) in [5, 5.41) is 6.11. The van der Waals surface area contributed by atoms with E-state index in [4.69, 9.17) is 0 Å². The van der Waals surface area contributed by atoms with Gasteiger partial charge in [-0.1, -0.05) is 32.9 Å². The summed E-state index contributed by atoms with van der Waals surface area (Å²) in [6.45, 7) is 12.4. The van der Waals surface area contributed by atoms with Crippen LogP contribution in [0.25, 0.3) is 0 Å². The SMILES string of the molecule is CC(C)NC(=O)C(C)Nc1ccc(C(C)(C)C)cc1. The van der Waals surface area contributed by atoms with Crippen LogP contribution in [0.1, 0.15) is 47.1 Å². The maximum Gasteiger partial charge on any atom is 0.242 e. The molecule has 1 unspecified atom stereocenters. The van der Waals surface area contributed by atoms with Gasteiger partial charge >= 0.3 is 0 Å². The summed E-state index contributed by atoms with van der Waals surface area (Å²) in [4.78, 5) is 11.8. The molecule has 0 aliphatic rings. The van der Waals surface area contributed by atoms with Crippen molar-refractivity contribution in [2.45, 2.75) is 59.0 Å². The number of anilines is 1. The predicted octanol–water partition coefficient (Wildman–Crippen LogP) is 3.31. The Labute approximate surface area is 116 Å². The van der Waals surface area contributed by atoms with Crippen LogP contribution in [-0.4, -0.2) is 18.0 Å². The molecule has 0 spiro atoms. The predicted molar refractivity (Wildman–Crippen MR) is 81.5 cm³/mol. The Bertz CT molecular complexity index is 415. The number of carbonyl (C=O) groups excluding carboxylic acids is 1. The Morgan fingerprint density at radius 1 is 1.05 bits per heavy atom. The highest BCUT2D eigenvalue weighted by atomic mass is 16.2. The number of carbonyl (C=O) groups is 1. The van der Waals surface area contributed by atoms with Crippen molar-refractivity contribution in [1.29, 1.82) is 0 Å². The van der Waals surface area contributed by atoms with Crippen molar-refractivity contribution in [3.8, 4) is 0 Å². The van der Waals surface area contributed by atoms with Gasteiger partial charge in [0.05, 0.1) is 0 Å². The van der Waals surface area contributed by atoms with Crippen LogP contribution in [-0.2, 0) is 10.2 Å². The summed E-state index contributed by atoms with van der Waals surface area (Å²) in [5.41, 5.74) is 2.41. The van der Waals surface area contributed by atoms with E-state index in [1.807, 2.05) is 32.9 Å². The van der Waals surface area contributed by atoms with Gasteiger partial charge in [0.15, 0.2) is 0 Å². The molecule has 106 valence electrons. The second kappa shape index (κ2) is 6.09. The molecule has 0 bridgehead atoms. The zero-order chi connectivity index (χ0) is 14.6. The van der Waals surface area contributed by atoms with Crippen LogP contribution in [0.2, 0.25) is 0 Å². The van der Waals surface area contributed by atoms with Crippen LogP contribution >= 0.6 is 0 Å². The van der Waals surface area contributed by atoms with Crippen molar-refractivity contribution >= 4 is 11.6 Å². The van der Waals surface area contributed by atoms with Gasteiger partial charge in [-0.15, -0.1) is 0 Å². The summed E-state index contributed by atoms with van der Waals surface area (Å²) in [5.74, 6) is 0.0231. The first-order valence-corrected chi connectivity index (χ1v) is 6.87. The Morgan fingerprint density at radius 3 is 2.00 bits per heavy atom. The lowest BCUT2D eigenvalue weighted by Crippen LogP contribution is -2.40. The van der Waals surface area contributed by atoms with E-state index in [0.29, 0.717) is 0 Å². The molecule has 1 amide bonds. The minimum absolute atomic E-state index is 0.0231. The van der Waals surface area contributed by atoms with E-state index < -0.39 is 0 Å². The third-order valence-electron chi connectivity index (χ3n) is 2.96. The topological polar surface area (TPSA) is 41.1 Å². The number of amides is 1. The van der Waals surface area contributed by atoms with E-state index in [0.717, 1.165) is 5.69 Å². The Kier molecular flexibility index (Phi) is 4.98. The lowest BCUT2D eigenvalue weighted by atomic mass is 9.87. The molecule has 0 aliphatic carbocycles. The van der Waals surface area contributed by atoms with Crippen LogP contribution in [0, 0.1) is 0 Å². The summed E-state index contributed by atoms with van der Waals surface area (Å²) in [6.07, 6.45) is 0. The van der Waals surface area contributed by atoms with Gasteiger partial charge in [-0.3, -0.25) is 4.79 Å². The summed E-state index contributed by atoms with van der Waals surface area (Å²) in [6, 6.07) is 8.20. The number of hydrogen-bond acceptors (Lipinski definition) is 2. The quantitative estimate of drug-likeness (QED) is 0.874. The maximum atomic E-state index is 11.8. The minimum Gasteiger partial charge on any atom is -0.374 e. The van der Waals surface area contributed by atoms with Crippen molar-refractivity contribution < 1.29 is 4.79 Å². The summed E-state index contributed by atoms with van der Waals surface area (Å²) in [7, 11) is 0. The van der Waals surface area contributed by atoms with Gasteiger partial charge in [0.2, 0.25) is 5.91 Å². The number of hydrogen-bond donors (Lipinski definition) is 2. The van der Waals surface area contributed by atoms with Gasteiger partial charge in [0, 0.05) is 11.7 Å². The average molecular weight is 262 g/mol. The van der Waals surface area contributed by atoms with E-state index in [-0.39, 0.29) is 23.4 Å². The molecule has 19 heavy (non-hydrogen) atoms. The smallest absolute Gasteiger partial charge is 0.242 e. The molecule has 1 rings (SSSR count). The van der Waals surface area contributed by atoms with Crippen molar-refractivity contribution in [3.05, 3.63) is 29.8 Å². The molecular formula is C16H26N2O. The number of benzene rings is 1. The second-order valence-corrected chi connectivity index (χ2v) is 6.36. The average Bonchev–Trinajstić information content (AvgIpc) is 2.27. The highest BCUT2D eigenvalue weighted by molar-refractivity contribution is 5.84. The third kappa shape index (κ3) is 4.93. The molecule has 0 radical (unpaired) electrons. The van der Waals surface area contributed by atoms with Crippen LogP contribution in [0.3, 0.4) is 0 Å². The molecule has 3 heteroatoms. The van der Waals surface area contributed by atoms with E-state index in [9.17, 15) is 4.79 Å². The van der Waals surface area contributed by atoms with E-state index in [2.05, 4.69) is 43.5 Å². The molecule has 1 aromatic rings. The van der Waals surface area contributed by atoms with Crippen LogP contribution in [0.4, 0.5) is 5.69 Å². The molecule has 0 aromatic heterocycles. The molecular weight excluding hydrogens is 236 g/mol. The number of rotatable bonds is 4. The third-order valence-corrected chi connectivity index (χ3v) is 2.96. The summed E-state index contributed by atoms with van der Waals surface area (Å²) < 4.78 is 0. The highest BCUT2D eigenvalue weighted by Crippen LogP contribution is 2.23. The first-order valence-electron chi connectivity index (χ1n) is 6.87. The van der Waals surface area contributed by atoms with E-state index >= 15 is 0 Å². The molecule has 3 nitrogen and oxygen atoms in total. The van der Waals surface area contributed by atoms with Gasteiger partial charge in [-0.25, -0.2) is 0 Å². The normalized spacial score (nSPS) is 13.2. The fraction of sp³-hybridized carbons (Fsp3) is 0.562. The zero-order valence-corrected chi connectivity index (χ0v) is 12.9. The number of nitrogens with one attached hydrogen (secondary N) is 2. The van der Waals surface area contributed by atoms with Crippen LogP contribution < -0.4 is 10.6 Å². The fourth-order valence-electron chi connectivity index (χ4n) is 1.79. The minimum atomic E-state index is -0.233. The Balaban J connectivity index is 2.65. The molecule has 0 saturated carbocycles. The molecule has 0 saturated heterocycles. The van der Waals surface area contributed by atoms with Crippen molar-refractivity contribution in [2.24, 2.45) is 0 Å². The standard InChI is InChI=1S/C16H26N2O/c1-11(2)17-15(19)12(3)18-14-9-7-13(8-10-14)16(4,5)6/h7-12,18H,1-6H3,(H,17,19). The molecule has 1 atom stereocenters. The van der Waals surface area contributed by atoms with Crippen LogP contribution in [0.15, 0.2) is 24.3 Å². The first kappa shape index (κ1) is 15.5. The van der Waals surface area contributed by atoms with Gasteiger partial charge in [0.1, 0.15) is 6.04 Å². The lowest BCUT2D eigenvalue weighted by Gasteiger charge is -2.20. The molecule has 0 aliphatic heterocycles. The van der Waals surface area contributed by atoms with Gasteiger partial charge in [-0.05, 0) is 43.9 Å². The molecule has 0 fully saturated rings. The Hall–Kier alpha value is -1.51. The van der Waals surface area contributed by atoms with Crippen molar-refractivity contribution in [1.82, 2.24) is 5.32 Å². The Morgan fingerprint density at radius 2 is 1.58 bits per heavy atom. The van der Waals surface area contributed by atoms with E-state index in [1.54, 1.807) is 0 Å². The van der Waals surface area contributed by atoms with Gasteiger partial charge in [0.25, 0.3) is 0 Å².